The smallest absolute Gasteiger partial charge is 0.226 e. The van der Waals surface area contributed by atoms with E-state index in [0.29, 0.717) is 36.1 Å². The minimum absolute atomic E-state index is 0.130. The van der Waals surface area contributed by atoms with Gasteiger partial charge in [0.05, 0.1) is 6.61 Å². The minimum Gasteiger partial charge on any atom is -0.383 e. The molecule has 4 nitrogen and oxygen atoms in total. The van der Waals surface area contributed by atoms with Gasteiger partial charge in [-0.3, -0.25) is 4.79 Å². The van der Waals surface area contributed by atoms with E-state index in [0.717, 1.165) is 5.56 Å². The molecular weight excluding hydrogens is 284 g/mol. The molecule has 0 atom stereocenters. The van der Waals surface area contributed by atoms with Crippen molar-refractivity contribution in [2.45, 2.75) is 12.8 Å². The molecule has 0 aromatic heterocycles. The van der Waals surface area contributed by atoms with Crippen LogP contribution >= 0.6 is 23.8 Å². The lowest BCUT2D eigenvalue weighted by Gasteiger charge is -2.09. The topological polar surface area (TPSA) is 50.4 Å². The number of carbonyl (C=O) groups is 1. The fourth-order valence-electron chi connectivity index (χ4n) is 1.45. The largest absolute Gasteiger partial charge is 0.383 e. The molecule has 0 spiro atoms. The van der Waals surface area contributed by atoms with Crippen LogP contribution in [-0.4, -0.2) is 31.3 Å². The lowest BCUT2D eigenvalue weighted by Crippen LogP contribution is -2.40. The Hall–Kier alpha value is -1.17. The van der Waals surface area contributed by atoms with E-state index in [1.807, 2.05) is 24.3 Å². The van der Waals surface area contributed by atoms with Crippen molar-refractivity contribution < 1.29 is 9.53 Å². The number of ether oxygens (including phenoxy) is 1. The third-order valence-electron chi connectivity index (χ3n) is 2.42. The molecule has 1 rings (SSSR count). The molecule has 0 saturated carbocycles. The van der Waals surface area contributed by atoms with Crippen molar-refractivity contribution in [2.24, 2.45) is 0 Å². The van der Waals surface area contributed by atoms with Gasteiger partial charge in [-0.2, -0.15) is 0 Å². The van der Waals surface area contributed by atoms with E-state index in [-0.39, 0.29) is 5.91 Å². The van der Waals surface area contributed by atoms with E-state index in [1.54, 1.807) is 7.11 Å². The molecule has 0 aliphatic rings. The van der Waals surface area contributed by atoms with Crippen LogP contribution < -0.4 is 10.6 Å². The van der Waals surface area contributed by atoms with Crippen LogP contribution in [0.3, 0.4) is 0 Å². The van der Waals surface area contributed by atoms with Gasteiger partial charge in [0.1, 0.15) is 0 Å². The van der Waals surface area contributed by atoms with Gasteiger partial charge in [0, 0.05) is 25.1 Å². The third kappa shape index (κ3) is 6.52. The lowest BCUT2D eigenvalue weighted by atomic mass is 10.1. The van der Waals surface area contributed by atoms with Gasteiger partial charge < -0.3 is 15.4 Å². The maximum absolute atomic E-state index is 11.7. The van der Waals surface area contributed by atoms with Gasteiger partial charge in [-0.05, 0) is 30.3 Å². The van der Waals surface area contributed by atoms with Gasteiger partial charge in [0.15, 0.2) is 5.11 Å². The minimum atomic E-state index is -0.130. The highest BCUT2D eigenvalue weighted by molar-refractivity contribution is 7.80. The van der Waals surface area contributed by atoms with Crippen molar-refractivity contribution in [3.05, 3.63) is 34.9 Å². The second-order valence-corrected chi connectivity index (χ2v) is 4.70. The standard InChI is InChI=1S/C13H17ClN2O2S/c1-18-9-8-15-13(19)16-12(17)7-6-10-4-2-3-5-11(10)14/h2-5H,6-9H2,1H3,(H2,15,16,17,19). The van der Waals surface area contributed by atoms with Crippen LogP contribution in [0.15, 0.2) is 24.3 Å². The molecule has 104 valence electrons. The second kappa shape index (κ2) is 8.85. The number of carbonyl (C=O) groups excluding carboxylic acids is 1. The average molecular weight is 301 g/mol. The van der Waals surface area contributed by atoms with E-state index < -0.39 is 0 Å². The molecule has 0 saturated heterocycles. The fourth-order valence-corrected chi connectivity index (χ4v) is 1.90. The number of methoxy groups -OCH3 is 1. The summed E-state index contributed by atoms with van der Waals surface area (Å²) in [5.74, 6) is -0.130. The normalized spacial score (nSPS) is 10.0. The molecule has 0 fully saturated rings. The highest BCUT2D eigenvalue weighted by atomic mass is 35.5. The Labute approximate surface area is 123 Å². The summed E-state index contributed by atoms with van der Waals surface area (Å²) in [5.41, 5.74) is 0.956. The zero-order chi connectivity index (χ0) is 14.1. The van der Waals surface area contributed by atoms with Gasteiger partial charge in [0.25, 0.3) is 0 Å². The molecule has 2 N–H and O–H groups in total. The van der Waals surface area contributed by atoms with E-state index >= 15 is 0 Å². The van der Waals surface area contributed by atoms with Gasteiger partial charge in [-0.15, -0.1) is 0 Å². The predicted molar refractivity (Wildman–Crippen MR) is 80.4 cm³/mol. The molecule has 0 heterocycles. The van der Waals surface area contributed by atoms with Crippen LogP contribution in [0, 0.1) is 0 Å². The van der Waals surface area contributed by atoms with Crippen LogP contribution in [-0.2, 0) is 16.0 Å². The van der Waals surface area contributed by atoms with E-state index in [1.165, 1.54) is 0 Å². The first-order chi connectivity index (χ1) is 9.13. The van der Waals surface area contributed by atoms with Crippen molar-refractivity contribution >= 4 is 34.8 Å². The maximum Gasteiger partial charge on any atom is 0.226 e. The summed E-state index contributed by atoms with van der Waals surface area (Å²) in [6, 6.07) is 7.48. The number of thiocarbonyl (C=S) groups is 1. The van der Waals surface area contributed by atoms with Crippen LogP contribution in [0.5, 0.6) is 0 Å². The van der Waals surface area contributed by atoms with Crippen LogP contribution in [0.2, 0.25) is 5.02 Å². The molecule has 6 heteroatoms. The van der Waals surface area contributed by atoms with Crippen molar-refractivity contribution in [3.63, 3.8) is 0 Å². The van der Waals surface area contributed by atoms with Gasteiger partial charge in [0.2, 0.25) is 5.91 Å². The molecule has 19 heavy (non-hydrogen) atoms. The number of amides is 1. The van der Waals surface area contributed by atoms with Gasteiger partial charge >= 0.3 is 0 Å². The number of hydrogen-bond acceptors (Lipinski definition) is 3. The average Bonchev–Trinajstić information content (AvgIpc) is 2.38. The summed E-state index contributed by atoms with van der Waals surface area (Å²) in [7, 11) is 1.60. The molecule has 1 aromatic rings. The van der Waals surface area contributed by atoms with E-state index in [4.69, 9.17) is 28.6 Å². The Kier molecular flexibility index (Phi) is 7.40. The summed E-state index contributed by atoms with van der Waals surface area (Å²) in [6.45, 7) is 1.11. The molecule has 1 amide bonds. The first-order valence-corrected chi connectivity index (χ1v) is 6.72. The number of nitrogens with one attached hydrogen (secondary N) is 2. The Morgan fingerprint density at radius 1 is 1.42 bits per heavy atom. The predicted octanol–water partition coefficient (Wildman–Crippen LogP) is 1.91. The first kappa shape index (κ1) is 15.9. The summed E-state index contributed by atoms with van der Waals surface area (Å²) >= 11 is 11.0. The summed E-state index contributed by atoms with van der Waals surface area (Å²) in [6.07, 6.45) is 0.933. The molecule has 0 radical (unpaired) electrons. The second-order valence-electron chi connectivity index (χ2n) is 3.89. The molecule has 0 bridgehead atoms. The van der Waals surface area contributed by atoms with Crippen LogP contribution in [0.4, 0.5) is 0 Å². The zero-order valence-electron chi connectivity index (χ0n) is 10.7. The molecule has 0 unspecified atom stereocenters. The maximum atomic E-state index is 11.7. The van der Waals surface area contributed by atoms with Crippen LogP contribution in [0.1, 0.15) is 12.0 Å². The number of benzene rings is 1. The van der Waals surface area contributed by atoms with Crippen molar-refractivity contribution in [1.82, 2.24) is 10.6 Å². The fraction of sp³-hybridized carbons (Fsp3) is 0.385. The Bertz CT molecular complexity index is 440. The number of halogens is 1. The Morgan fingerprint density at radius 3 is 2.84 bits per heavy atom. The number of aryl methyl sites for hydroxylation is 1. The van der Waals surface area contributed by atoms with Crippen molar-refractivity contribution in [1.29, 1.82) is 0 Å². The van der Waals surface area contributed by atoms with Crippen LogP contribution in [0.25, 0.3) is 0 Å². The Balaban J connectivity index is 2.28. The monoisotopic (exact) mass is 300 g/mol. The molecule has 0 aliphatic heterocycles. The van der Waals surface area contributed by atoms with Gasteiger partial charge in [-0.25, -0.2) is 0 Å². The number of hydrogen-bond donors (Lipinski definition) is 2. The lowest BCUT2D eigenvalue weighted by molar-refractivity contribution is -0.119. The quantitative estimate of drug-likeness (QED) is 0.622. The molecular formula is C13H17ClN2O2S. The molecule has 0 aliphatic carbocycles. The third-order valence-corrected chi connectivity index (χ3v) is 3.04. The summed E-state index contributed by atoms with van der Waals surface area (Å²) < 4.78 is 4.87. The summed E-state index contributed by atoms with van der Waals surface area (Å²) in [4.78, 5) is 11.7. The summed E-state index contributed by atoms with van der Waals surface area (Å²) in [5, 5.41) is 6.48. The van der Waals surface area contributed by atoms with E-state index in [2.05, 4.69) is 10.6 Å². The molecule has 1 aromatic carbocycles. The highest BCUT2D eigenvalue weighted by Gasteiger charge is 2.06. The van der Waals surface area contributed by atoms with E-state index in [9.17, 15) is 4.79 Å². The first-order valence-electron chi connectivity index (χ1n) is 5.93. The SMILES string of the molecule is COCCNC(=S)NC(=O)CCc1ccccc1Cl. The van der Waals surface area contributed by atoms with Crippen molar-refractivity contribution in [3.8, 4) is 0 Å². The van der Waals surface area contributed by atoms with Crippen molar-refractivity contribution in [2.75, 3.05) is 20.3 Å². The van der Waals surface area contributed by atoms with Gasteiger partial charge in [-0.1, -0.05) is 29.8 Å². The zero-order valence-corrected chi connectivity index (χ0v) is 12.3. The Morgan fingerprint density at radius 2 is 2.16 bits per heavy atom. The highest BCUT2D eigenvalue weighted by Crippen LogP contribution is 2.16. The number of rotatable bonds is 6.